The average molecular weight is 676 g/mol. The van der Waals surface area contributed by atoms with Gasteiger partial charge in [-0.15, -0.1) is 0 Å². The monoisotopic (exact) mass is 675 g/mol. The highest BCUT2D eigenvalue weighted by atomic mass is 35.5. The van der Waals surface area contributed by atoms with Gasteiger partial charge < -0.3 is 20.4 Å². The van der Waals surface area contributed by atoms with Crippen molar-refractivity contribution < 1.29 is 22.8 Å². The number of carbonyl (C=O) groups is 3. The second-order valence-electron chi connectivity index (χ2n) is 13.2. The molecule has 2 saturated heterocycles. The highest BCUT2D eigenvalue weighted by Crippen LogP contribution is 2.48. The molecule has 0 bridgehead atoms. The number of anilines is 1. The molecule has 3 amide bonds. The SMILES string of the molecule is CS(=O)(=O)N1CC2(CCN(C(=O)[C@@H]3C[C@H](NC(=O)[C@@H]4Cc5ccccc5CN4)CN3C(=O)c3ccc(Cl)cc3)CC2)c2ccccc21. The number of amides is 3. The Bertz CT molecular complexity index is 1830. The Kier molecular flexibility index (Phi) is 8.26. The predicted molar refractivity (Wildman–Crippen MR) is 180 cm³/mol. The van der Waals surface area contributed by atoms with E-state index in [-0.39, 0.29) is 29.7 Å². The van der Waals surface area contributed by atoms with Crippen molar-refractivity contribution in [2.45, 2.75) is 55.8 Å². The Morgan fingerprint density at radius 1 is 0.936 bits per heavy atom. The number of piperidine rings is 1. The van der Waals surface area contributed by atoms with Crippen LogP contribution in [0.3, 0.4) is 0 Å². The van der Waals surface area contributed by atoms with Crippen molar-refractivity contribution >= 4 is 45.0 Å². The number of nitrogens with zero attached hydrogens (tertiary/aromatic N) is 3. The quantitative estimate of drug-likeness (QED) is 0.429. The van der Waals surface area contributed by atoms with Crippen LogP contribution < -0.4 is 14.9 Å². The van der Waals surface area contributed by atoms with E-state index in [1.165, 1.54) is 16.1 Å². The normalized spacial score (nSPS) is 23.4. The molecule has 12 heteroatoms. The number of hydrogen-bond acceptors (Lipinski definition) is 6. The summed E-state index contributed by atoms with van der Waals surface area (Å²) in [4.78, 5) is 44.9. The van der Waals surface area contributed by atoms with E-state index < -0.39 is 28.1 Å². The summed E-state index contributed by atoms with van der Waals surface area (Å²) in [7, 11) is -3.46. The van der Waals surface area contributed by atoms with Crippen LogP contribution in [-0.2, 0) is 38.0 Å². The molecule has 4 aliphatic heterocycles. The van der Waals surface area contributed by atoms with Crippen LogP contribution in [0, 0.1) is 0 Å². The first-order valence-corrected chi connectivity index (χ1v) is 18.3. The van der Waals surface area contributed by atoms with Gasteiger partial charge in [-0.3, -0.25) is 18.7 Å². The van der Waals surface area contributed by atoms with Gasteiger partial charge in [-0.25, -0.2) is 8.42 Å². The highest BCUT2D eigenvalue weighted by molar-refractivity contribution is 7.92. The van der Waals surface area contributed by atoms with Gasteiger partial charge in [0.05, 0.1) is 18.0 Å². The summed E-state index contributed by atoms with van der Waals surface area (Å²) in [5.74, 6) is -0.593. The van der Waals surface area contributed by atoms with Crippen molar-refractivity contribution in [1.82, 2.24) is 20.4 Å². The molecule has 7 rings (SSSR count). The fourth-order valence-electron chi connectivity index (χ4n) is 7.77. The zero-order chi connectivity index (χ0) is 32.9. The molecule has 4 aliphatic rings. The third kappa shape index (κ3) is 6.00. The molecule has 0 saturated carbocycles. The third-order valence-electron chi connectivity index (χ3n) is 10.3. The van der Waals surface area contributed by atoms with Gasteiger partial charge in [0, 0.05) is 54.8 Å². The lowest BCUT2D eigenvalue weighted by atomic mass is 9.74. The molecule has 0 aliphatic carbocycles. The first kappa shape index (κ1) is 31.7. The van der Waals surface area contributed by atoms with Gasteiger partial charge in [0.25, 0.3) is 5.91 Å². The largest absolute Gasteiger partial charge is 0.350 e. The van der Waals surface area contributed by atoms with Gasteiger partial charge in [-0.1, -0.05) is 54.1 Å². The fourth-order valence-corrected chi connectivity index (χ4v) is 8.90. The number of sulfonamides is 1. The van der Waals surface area contributed by atoms with E-state index in [1.807, 2.05) is 42.5 Å². The lowest BCUT2D eigenvalue weighted by molar-refractivity contribution is -0.137. The van der Waals surface area contributed by atoms with E-state index >= 15 is 0 Å². The molecule has 2 fully saturated rings. The zero-order valence-corrected chi connectivity index (χ0v) is 27.8. The van der Waals surface area contributed by atoms with Crippen molar-refractivity contribution in [2.24, 2.45) is 0 Å². The summed E-state index contributed by atoms with van der Waals surface area (Å²) in [6.07, 6.45) is 3.31. The number of halogens is 1. The topological polar surface area (TPSA) is 119 Å². The molecule has 3 atom stereocenters. The molecule has 1 spiro atoms. The van der Waals surface area contributed by atoms with Crippen molar-refractivity contribution in [3.8, 4) is 0 Å². The number of para-hydroxylation sites is 1. The molecule has 10 nitrogen and oxygen atoms in total. The van der Waals surface area contributed by atoms with E-state index in [2.05, 4.69) is 16.7 Å². The Hall–Kier alpha value is -3.93. The molecular formula is C35H38ClN5O5S. The summed E-state index contributed by atoms with van der Waals surface area (Å²) in [6, 6.07) is 20.7. The van der Waals surface area contributed by atoms with Crippen LogP contribution in [-0.4, -0.2) is 86.5 Å². The molecular weight excluding hydrogens is 638 g/mol. The lowest BCUT2D eigenvalue weighted by Crippen LogP contribution is -2.53. The van der Waals surface area contributed by atoms with Crippen LogP contribution in [0.4, 0.5) is 5.69 Å². The maximum Gasteiger partial charge on any atom is 0.254 e. The first-order chi connectivity index (χ1) is 22.5. The van der Waals surface area contributed by atoms with E-state index in [0.29, 0.717) is 68.1 Å². The van der Waals surface area contributed by atoms with Crippen molar-refractivity contribution in [2.75, 3.05) is 36.7 Å². The highest BCUT2D eigenvalue weighted by Gasteiger charge is 2.49. The molecule has 47 heavy (non-hydrogen) atoms. The Balaban J connectivity index is 1.08. The number of rotatable bonds is 5. The minimum atomic E-state index is -3.46. The maximum atomic E-state index is 14.2. The molecule has 2 N–H and O–H groups in total. The summed E-state index contributed by atoms with van der Waals surface area (Å²) in [5.41, 5.74) is 4.06. The maximum absolute atomic E-state index is 14.2. The van der Waals surface area contributed by atoms with Crippen LogP contribution in [0.5, 0.6) is 0 Å². The fraction of sp³-hybridized carbons (Fsp3) is 0.400. The van der Waals surface area contributed by atoms with Crippen molar-refractivity contribution in [1.29, 1.82) is 0 Å². The van der Waals surface area contributed by atoms with Crippen molar-refractivity contribution in [3.63, 3.8) is 0 Å². The first-order valence-electron chi connectivity index (χ1n) is 16.1. The summed E-state index contributed by atoms with van der Waals surface area (Å²) >= 11 is 6.08. The molecule has 3 aromatic carbocycles. The molecule has 0 aromatic heterocycles. The summed E-state index contributed by atoms with van der Waals surface area (Å²) in [5, 5.41) is 6.96. The predicted octanol–water partition coefficient (Wildman–Crippen LogP) is 3.09. The molecule has 4 heterocycles. The molecule has 246 valence electrons. The van der Waals surface area contributed by atoms with Crippen LogP contribution >= 0.6 is 11.6 Å². The number of hydrogen-bond donors (Lipinski definition) is 2. The number of carbonyl (C=O) groups excluding carboxylic acids is 3. The van der Waals surface area contributed by atoms with E-state index in [9.17, 15) is 22.8 Å². The number of benzene rings is 3. The van der Waals surface area contributed by atoms with Crippen LogP contribution in [0.2, 0.25) is 5.02 Å². The van der Waals surface area contributed by atoms with Gasteiger partial charge in [0.2, 0.25) is 21.8 Å². The minimum absolute atomic E-state index is 0.147. The van der Waals surface area contributed by atoms with E-state index in [0.717, 1.165) is 11.1 Å². The molecule has 0 radical (unpaired) electrons. The van der Waals surface area contributed by atoms with Crippen LogP contribution in [0.15, 0.2) is 72.8 Å². The molecule has 0 unspecified atom stereocenters. The number of nitrogens with one attached hydrogen (secondary N) is 2. The number of likely N-dealkylation sites (tertiary alicyclic amines) is 2. The van der Waals surface area contributed by atoms with E-state index in [4.69, 9.17) is 11.6 Å². The second kappa shape index (κ2) is 12.3. The van der Waals surface area contributed by atoms with Gasteiger partial charge in [-0.05, 0) is 72.7 Å². The Morgan fingerprint density at radius 2 is 1.62 bits per heavy atom. The zero-order valence-electron chi connectivity index (χ0n) is 26.2. The Labute approximate surface area is 280 Å². The summed E-state index contributed by atoms with van der Waals surface area (Å²) in [6.45, 7) is 2.04. The minimum Gasteiger partial charge on any atom is -0.350 e. The standard InChI is InChI=1S/C35H38ClN5O5S/c1-47(45,46)41-22-35(28-8-4-5-9-30(28)41)14-16-39(17-15-35)34(44)31-19-27(21-40(31)33(43)23-10-12-26(36)13-11-23)38-32(42)29-18-24-6-2-3-7-25(24)20-37-29/h2-13,27,29,31,37H,14-22H2,1H3,(H,38,42)/t27-,29-,31-/m0/s1. The van der Waals surface area contributed by atoms with Crippen molar-refractivity contribution in [3.05, 3.63) is 100 Å². The molecule has 3 aromatic rings. The van der Waals surface area contributed by atoms with Gasteiger partial charge in [0.15, 0.2) is 0 Å². The van der Waals surface area contributed by atoms with Gasteiger partial charge in [-0.2, -0.15) is 0 Å². The smallest absolute Gasteiger partial charge is 0.254 e. The van der Waals surface area contributed by atoms with Crippen LogP contribution in [0.25, 0.3) is 0 Å². The van der Waals surface area contributed by atoms with Gasteiger partial charge in [0.1, 0.15) is 6.04 Å². The van der Waals surface area contributed by atoms with Gasteiger partial charge >= 0.3 is 0 Å². The summed E-state index contributed by atoms with van der Waals surface area (Å²) < 4.78 is 26.8. The second-order valence-corrected chi connectivity index (χ2v) is 15.6. The third-order valence-corrected chi connectivity index (χ3v) is 11.7. The lowest BCUT2D eigenvalue weighted by Gasteiger charge is -2.41. The number of fused-ring (bicyclic) bond motifs is 3. The van der Waals surface area contributed by atoms with E-state index in [1.54, 1.807) is 34.1 Å². The average Bonchev–Trinajstić information content (AvgIpc) is 3.64. The Morgan fingerprint density at radius 3 is 2.34 bits per heavy atom. The van der Waals surface area contributed by atoms with Crippen LogP contribution in [0.1, 0.15) is 46.3 Å².